The molecule has 1 aromatic rings. The van der Waals surface area contributed by atoms with Crippen molar-refractivity contribution in [1.82, 2.24) is 0 Å². The van der Waals surface area contributed by atoms with E-state index in [0.29, 0.717) is 18.5 Å². The van der Waals surface area contributed by atoms with E-state index in [1.165, 1.54) is 0 Å². The number of anilines is 1. The number of ketones is 1. The number of rotatable bonds is 3. The van der Waals surface area contributed by atoms with Gasteiger partial charge in [0.25, 0.3) is 0 Å². The highest BCUT2D eigenvalue weighted by molar-refractivity contribution is 6.33. The number of benzene rings is 1. The predicted octanol–water partition coefficient (Wildman–Crippen LogP) is 2.41. The molecule has 3 nitrogen and oxygen atoms in total. The van der Waals surface area contributed by atoms with Crippen LogP contribution >= 0.6 is 11.6 Å². The predicted molar refractivity (Wildman–Crippen MR) is 67.8 cm³/mol. The molecule has 0 N–H and O–H groups in total. The molecule has 0 radical (unpaired) electrons. The number of halogens is 1. The average molecular weight is 252 g/mol. The highest BCUT2D eigenvalue weighted by Gasteiger charge is 2.26. The van der Waals surface area contributed by atoms with Gasteiger partial charge in [-0.1, -0.05) is 0 Å². The van der Waals surface area contributed by atoms with Crippen LogP contribution in [-0.2, 0) is 11.2 Å². The Balaban J connectivity index is 2.38. The van der Waals surface area contributed by atoms with Crippen molar-refractivity contribution in [2.75, 3.05) is 11.4 Å². The minimum atomic E-state index is -0.535. The Bertz CT molecular complexity index is 482. The average Bonchev–Trinajstić information content (AvgIpc) is 2.61. The second-order valence-electron chi connectivity index (χ2n) is 4.14. The van der Waals surface area contributed by atoms with Crippen molar-refractivity contribution in [2.24, 2.45) is 0 Å². The monoisotopic (exact) mass is 251 g/mol. The lowest BCUT2D eigenvalue weighted by atomic mass is 10.0. The maximum atomic E-state index is 11.7. The molecule has 0 aliphatic carbocycles. The van der Waals surface area contributed by atoms with Gasteiger partial charge >= 0.3 is 0 Å². The Morgan fingerprint density at radius 1 is 1.53 bits per heavy atom. The van der Waals surface area contributed by atoms with Crippen LogP contribution in [0.3, 0.4) is 0 Å². The van der Waals surface area contributed by atoms with Gasteiger partial charge in [-0.05, 0) is 37.6 Å². The van der Waals surface area contributed by atoms with E-state index in [1.807, 2.05) is 13.0 Å². The number of hydrogen-bond acceptors (Lipinski definition) is 2. The van der Waals surface area contributed by atoms with Crippen molar-refractivity contribution in [3.8, 4) is 0 Å². The number of hydrogen-bond donors (Lipinski definition) is 0. The number of fused-ring (bicyclic) bond motifs is 1. The first-order valence-corrected chi connectivity index (χ1v) is 6.09. The maximum Gasteiger partial charge on any atom is 0.231 e. The first-order valence-electron chi connectivity index (χ1n) is 5.66. The van der Waals surface area contributed by atoms with Crippen molar-refractivity contribution in [3.05, 3.63) is 29.3 Å². The molecule has 0 bridgehead atoms. The molecule has 17 heavy (non-hydrogen) atoms. The van der Waals surface area contributed by atoms with Crippen molar-refractivity contribution in [2.45, 2.75) is 25.6 Å². The van der Waals surface area contributed by atoms with Crippen molar-refractivity contribution in [3.63, 3.8) is 0 Å². The van der Waals surface area contributed by atoms with E-state index in [2.05, 4.69) is 0 Å². The smallest absolute Gasteiger partial charge is 0.231 e. The molecular weight excluding hydrogens is 238 g/mol. The fourth-order valence-electron chi connectivity index (χ4n) is 2.11. The summed E-state index contributed by atoms with van der Waals surface area (Å²) in [6, 6.07) is 5.35. The molecule has 1 heterocycles. The van der Waals surface area contributed by atoms with Gasteiger partial charge in [0.05, 0.1) is 11.8 Å². The summed E-state index contributed by atoms with van der Waals surface area (Å²) in [7, 11) is 0. The molecule has 90 valence electrons. The van der Waals surface area contributed by atoms with Gasteiger partial charge in [0.15, 0.2) is 5.78 Å². The summed E-state index contributed by atoms with van der Waals surface area (Å²) < 4.78 is 0. The minimum Gasteiger partial charge on any atom is -0.312 e. The van der Waals surface area contributed by atoms with Crippen molar-refractivity contribution < 1.29 is 9.59 Å². The number of carbonyl (C=O) groups is 2. The van der Waals surface area contributed by atoms with Crippen LogP contribution in [-0.4, -0.2) is 23.6 Å². The van der Waals surface area contributed by atoms with Crippen LogP contribution in [0, 0.1) is 0 Å². The first kappa shape index (κ1) is 12.1. The lowest BCUT2D eigenvalue weighted by Crippen LogP contribution is -2.25. The summed E-state index contributed by atoms with van der Waals surface area (Å²) in [6.07, 6.45) is 0.376. The Hall–Kier alpha value is -1.35. The van der Waals surface area contributed by atoms with E-state index in [4.69, 9.17) is 11.6 Å². The van der Waals surface area contributed by atoms with Gasteiger partial charge in [0.1, 0.15) is 0 Å². The highest BCUT2D eigenvalue weighted by Crippen LogP contribution is 2.29. The lowest BCUT2D eigenvalue weighted by molar-refractivity contribution is -0.117. The van der Waals surface area contributed by atoms with E-state index in [0.717, 1.165) is 11.3 Å². The van der Waals surface area contributed by atoms with Crippen LogP contribution in [0.4, 0.5) is 5.69 Å². The van der Waals surface area contributed by atoms with Gasteiger partial charge in [0.2, 0.25) is 5.91 Å². The van der Waals surface area contributed by atoms with E-state index < -0.39 is 5.38 Å². The molecule has 0 fully saturated rings. The molecule has 1 aromatic carbocycles. The van der Waals surface area contributed by atoms with Gasteiger partial charge in [0, 0.05) is 17.8 Å². The van der Waals surface area contributed by atoms with E-state index in [-0.39, 0.29) is 11.7 Å². The molecule has 1 atom stereocenters. The fourth-order valence-corrected chi connectivity index (χ4v) is 2.24. The van der Waals surface area contributed by atoms with Gasteiger partial charge in [-0.15, -0.1) is 11.6 Å². The van der Waals surface area contributed by atoms with Crippen LogP contribution in [0.5, 0.6) is 0 Å². The number of amides is 1. The fraction of sp³-hybridized carbons (Fsp3) is 0.385. The zero-order valence-corrected chi connectivity index (χ0v) is 10.6. The Labute approximate surface area is 105 Å². The maximum absolute atomic E-state index is 11.7. The molecule has 1 aliphatic rings. The Morgan fingerprint density at radius 2 is 2.24 bits per heavy atom. The van der Waals surface area contributed by atoms with Crippen LogP contribution < -0.4 is 4.90 Å². The molecule has 0 spiro atoms. The van der Waals surface area contributed by atoms with Gasteiger partial charge < -0.3 is 4.90 Å². The van der Waals surface area contributed by atoms with E-state index >= 15 is 0 Å². The number of nitrogens with zero attached hydrogens (tertiary/aromatic N) is 1. The van der Waals surface area contributed by atoms with Crippen molar-refractivity contribution >= 4 is 29.0 Å². The molecule has 4 heteroatoms. The summed E-state index contributed by atoms with van der Waals surface area (Å²) in [5.74, 6) is -0.0112. The van der Waals surface area contributed by atoms with E-state index in [9.17, 15) is 9.59 Å². The van der Waals surface area contributed by atoms with Crippen LogP contribution in [0.25, 0.3) is 0 Å². The lowest BCUT2D eigenvalue weighted by Gasteiger charge is -2.14. The molecule has 0 saturated carbocycles. The minimum absolute atomic E-state index is 0.0889. The number of alkyl halides is 1. The van der Waals surface area contributed by atoms with Crippen LogP contribution in [0.1, 0.15) is 29.8 Å². The van der Waals surface area contributed by atoms with E-state index in [1.54, 1.807) is 24.0 Å². The van der Waals surface area contributed by atoms with Crippen LogP contribution in [0.15, 0.2) is 18.2 Å². The molecule has 0 aromatic heterocycles. The Morgan fingerprint density at radius 3 is 2.82 bits per heavy atom. The van der Waals surface area contributed by atoms with Crippen LogP contribution in [0.2, 0.25) is 0 Å². The molecule has 1 unspecified atom stereocenters. The third kappa shape index (κ3) is 2.07. The zero-order valence-electron chi connectivity index (χ0n) is 9.87. The third-order valence-electron chi connectivity index (χ3n) is 2.98. The number of Topliss-reactive ketones (excluding diaryl/α,β-unsaturated/α-hetero) is 1. The first-order chi connectivity index (χ1) is 8.04. The van der Waals surface area contributed by atoms with Gasteiger partial charge in [-0.25, -0.2) is 0 Å². The largest absolute Gasteiger partial charge is 0.312 e. The molecule has 2 rings (SSSR count). The highest BCUT2D eigenvalue weighted by atomic mass is 35.5. The molecule has 1 aliphatic heterocycles. The summed E-state index contributed by atoms with van der Waals surface area (Å²) in [5, 5.41) is -0.535. The second-order valence-corrected chi connectivity index (χ2v) is 4.79. The van der Waals surface area contributed by atoms with Crippen molar-refractivity contribution in [1.29, 1.82) is 0 Å². The normalized spacial score (nSPS) is 15.9. The third-order valence-corrected chi connectivity index (χ3v) is 3.17. The second kappa shape index (κ2) is 4.49. The summed E-state index contributed by atoms with van der Waals surface area (Å²) in [4.78, 5) is 25.2. The zero-order chi connectivity index (χ0) is 12.6. The summed E-state index contributed by atoms with van der Waals surface area (Å²) in [5.41, 5.74) is 2.41. The summed E-state index contributed by atoms with van der Waals surface area (Å²) in [6.45, 7) is 4.25. The summed E-state index contributed by atoms with van der Waals surface area (Å²) >= 11 is 5.77. The molecular formula is C13H14ClNO2. The molecule has 0 saturated heterocycles. The number of likely N-dealkylation sites (N-methyl/N-ethyl adjacent to an activating group) is 1. The quantitative estimate of drug-likeness (QED) is 0.611. The molecule has 1 amide bonds. The van der Waals surface area contributed by atoms with Gasteiger partial charge in [-0.3, -0.25) is 9.59 Å². The standard InChI is InChI=1S/C13H14ClNO2/c1-3-15-11-5-4-9(13(17)8(2)14)6-10(11)7-12(15)16/h4-6,8H,3,7H2,1-2H3. The van der Waals surface area contributed by atoms with Gasteiger partial charge in [-0.2, -0.15) is 0 Å². The number of carbonyl (C=O) groups excluding carboxylic acids is 2. The Kier molecular flexibility index (Phi) is 3.20. The SMILES string of the molecule is CCN1C(=O)Cc2cc(C(=O)C(C)Cl)ccc21. The topological polar surface area (TPSA) is 37.4 Å².